The SMILES string of the molecule is CNCc1cc(S(=O)(=O)NC(C)CC2CC2)ccc1OC. The molecule has 6 heteroatoms. The fourth-order valence-corrected chi connectivity index (χ4v) is 3.79. The number of hydrogen-bond acceptors (Lipinski definition) is 4. The van der Waals surface area contributed by atoms with Crippen LogP contribution >= 0.6 is 0 Å². The van der Waals surface area contributed by atoms with Crippen molar-refractivity contribution in [1.82, 2.24) is 10.0 Å². The van der Waals surface area contributed by atoms with Crippen molar-refractivity contribution in [3.05, 3.63) is 23.8 Å². The Morgan fingerprint density at radius 2 is 2.10 bits per heavy atom. The number of rotatable bonds is 8. The third kappa shape index (κ3) is 4.43. The number of nitrogens with one attached hydrogen (secondary N) is 2. The molecule has 0 bridgehead atoms. The van der Waals surface area contributed by atoms with Crippen molar-refractivity contribution in [2.75, 3.05) is 14.2 Å². The Bertz CT molecular complexity index is 583. The van der Waals surface area contributed by atoms with E-state index in [4.69, 9.17) is 4.74 Å². The fourth-order valence-electron chi connectivity index (χ4n) is 2.49. The summed E-state index contributed by atoms with van der Waals surface area (Å²) in [6.45, 7) is 2.48. The maximum atomic E-state index is 12.4. The zero-order valence-corrected chi connectivity index (χ0v) is 13.7. The lowest BCUT2D eigenvalue weighted by molar-refractivity contribution is 0.408. The van der Waals surface area contributed by atoms with E-state index in [1.807, 2.05) is 14.0 Å². The Balaban J connectivity index is 2.16. The first-order chi connectivity index (χ1) is 9.96. The molecular weight excluding hydrogens is 288 g/mol. The Labute approximate surface area is 127 Å². The van der Waals surface area contributed by atoms with Gasteiger partial charge in [-0.3, -0.25) is 0 Å². The summed E-state index contributed by atoms with van der Waals surface area (Å²) in [5.74, 6) is 1.38. The standard InChI is InChI=1S/C15H24N2O3S/c1-11(8-12-4-5-12)17-21(18,19)14-6-7-15(20-3)13(9-14)10-16-2/h6-7,9,11-12,16-17H,4-5,8,10H2,1-3H3. The highest BCUT2D eigenvalue weighted by Crippen LogP contribution is 2.33. The largest absolute Gasteiger partial charge is 0.496 e. The van der Waals surface area contributed by atoms with Crippen LogP contribution in [0.4, 0.5) is 0 Å². The van der Waals surface area contributed by atoms with Gasteiger partial charge in [-0.1, -0.05) is 12.8 Å². The van der Waals surface area contributed by atoms with Crippen molar-refractivity contribution in [3.63, 3.8) is 0 Å². The van der Waals surface area contributed by atoms with E-state index in [1.54, 1.807) is 25.3 Å². The van der Waals surface area contributed by atoms with Crippen molar-refractivity contribution < 1.29 is 13.2 Å². The topological polar surface area (TPSA) is 67.4 Å². The Morgan fingerprint density at radius 3 is 2.67 bits per heavy atom. The molecule has 2 rings (SSSR count). The second kappa shape index (κ2) is 6.77. The van der Waals surface area contributed by atoms with Crippen molar-refractivity contribution in [2.45, 2.75) is 43.7 Å². The van der Waals surface area contributed by atoms with Crippen LogP contribution in [0.2, 0.25) is 0 Å². The monoisotopic (exact) mass is 312 g/mol. The van der Waals surface area contributed by atoms with E-state index >= 15 is 0 Å². The van der Waals surface area contributed by atoms with Gasteiger partial charge < -0.3 is 10.1 Å². The van der Waals surface area contributed by atoms with Crippen LogP contribution in [-0.2, 0) is 16.6 Å². The Hall–Kier alpha value is -1.11. The van der Waals surface area contributed by atoms with Gasteiger partial charge in [0, 0.05) is 18.2 Å². The minimum atomic E-state index is -3.48. The quantitative estimate of drug-likeness (QED) is 0.769. The summed E-state index contributed by atoms with van der Waals surface area (Å²) in [7, 11) is -0.0785. The molecule has 1 atom stereocenters. The molecular formula is C15H24N2O3S. The Kier molecular flexibility index (Phi) is 5.24. The molecule has 1 unspecified atom stereocenters. The predicted molar refractivity (Wildman–Crippen MR) is 82.9 cm³/mol. The molecule has 2 N–H and O–H groups in total. The smallest absolute Gasteiger partial charge is 0.240 e. The summed E-state index contributed by atoms with van der Waals surface area (Å²) >= 11 is 0. The van der Waals surface area contributed by atoms with E-state index in [9.17, 15) is 8.42 Å². The molecule has 1 saturated carbocycles. The molecule has 118 valence electrons. The molecule has 0 heterocycles. The van der Waals surface area contributed by atoms with Crippen molar-refractivity contribution >= 4 is 10.0 Å². The molecule has 0 radical (unpaired) electrons. The second-order valence-corrected chi connectivity index (χ2v) is 7.42. The Morgan fingerprint density at radius 1 is 1.38 bits per heavy atom. The van der Waals surface area contributed by atoms with Gasteiger partial charge in [0.05, 0.1) is 12.0 Å². The first kappa shape index (κ1) is 16.3. The second-order valence-electron chi connectivity index (χ2n) is 5.71. The molecule has 1 fully saturated rings. The molecule has 0 amide bonds. The van der Waals surface area contributed by atoms with Crippen LogP contribution in [0.25, 0.3) is 0 Å². The van der Waals surface area contributed by atoms with Crippen molar-refractivity contribution in [3.8, 4) is 5.75 Å². The van der Waals surface area contributed by atoms with Gasteiger partial charge in [0.2, 0.25) is 10.0 Å². The fraction of sp³-hybridized carbons (Fsp3) is 0.600. The van der Waals surface area contributed by atoms with Crippen LogP contribution in [0, 0.1) is 5.92 Å². The third-order valence-electron chi connectivity index (χ3n) is 3.67. The minimum Gasteiger partial charge on any atom is -0.496 e. The van der Waals surface area contributed by atoms with Gasteiger partial charge in [0.25, 0.3) is 0 Å². The van der Waals surface area contributed by atoms with E-state index in [-0.39, 0.29) is 10.9 Å². The average molecular weight is 312 g/mol. The number of sulfonamides is 1. The number of hydrogen-bond donors (Lipinski definition) is 2. The lowest BCUT2D eigenvalue weighted by Crippen LogP contribution is -2.33. The molecule has 1 aromatic carbocycles. The summed E-state index contributed by atoms with van der Waals surface area (Å²) < 4.78 is 32.9. The molecule has 1 aliphatic rings. The van der Waals surface area contributed by atoms with Crippen LogP contribution in [0.5, 0.6) is 5.75 Å². The predicted octanol–water partition coefficient (Wildman–Crippen LogP) is 1.88. The first-order valence-corrected chi connectivity index (χ1v) is 8.78. The van der Waals surface area contributed by atoms with Gasteiger partial charge in [-0.05, 0) is 44.5 Å². The lowest BCUT2D eigenvalue weighted by atomic mass is 10.2. The summed E-state index contributed by atoms with van der Waals surface area (Å²) in [4.78, 5) is 0.288. The highest BCUT2D eigenvalue weighted by Gasteiger charge is 2.26. The molecule has 0 saturated heterocycles. The third-order valence-corrected chi connectivity index (χ3v) is 5.26. The van der Waals surface area contributed by atoms with Gasteiger partial charge in [0.15, 0.2) is 0 Å². The zero-order valence-electron chi connectivity index (χ0n) is 12.8. The molecule has 1 aliphatic carbocycles. The van der Waals surface area contributed by atoms with Crippen molar-refractivity contribution in [2.24, 2.45) is 5.92 Å². The van der Waals surface area contributed by atoms with E-state index in [1.165, 1.54) is 12.8 Å². The summed E-state index contributed by atoms with van der Waals surface area (Å²) in [5, 5.41) is 3.02. The van der Waals surface area contributed by atoms with E-state index in [2.05, 4.69) is 10.0 Å². The average Bonchev–Trinajstić information content (AvgIpc) is 3.22. The van der Waals surface area contributed by atoms with Gasteiger partial charge in [-0.25, -0.2) is 13.1 Å². The van der Waals surface area contributed by atoms with E-state index < -0.39 is 10.0 Å². The van der Waals surface area contributed by atoms with Gasteiger partial charge in [0.1, 0.15) is 5.75 Å². The number of benzene rings is 1. The van der Waals surface area contributed by atoms with Crippen LogP contribution in [0.3, 0.4) is 0 Å². The van der Waals surface area contributed by atoms with Crippen LogP contribution in [0.1, 0.15) is 31.7 Å². The molecule has 5 nitrogen and oxygen atoms in total. The summed E-state index contributed by atoms with van der Waals surface area (Å²) in [5.41, 5.74) is 0.831. The maximum absolute atomic E-state index is 12.4. The molecule has 21 heavy (non-hydrogen) atoms. The molecule has 0 aliphatic heterocycles. The molecule has 0 spiro atoms. The van der Waals surface area contributed by atoms with Crippen LogP contribution in [0.15, 0.2) is 23.1 Å². The van der Waals surface area contributed by atoms with Gasteiger partial charge in [-0.2, -0.15) is 0 Å². The lowest BCUT2D eigenvalue weighted by Gasteiger charge is -2.15. The molecule has 1 aromatic rings. The first-order valence-electron chi connectivity index (χ1n) is 7.30. The van der Waals surface area contributed by atoms with E-state index in [0.717, 1.165) is 12.0 Å². The normalized spacial score (nSPS) is 16.7. The number of ether oxygens (including phenoxy) is 1. The molecule has 0 aromatic heterocycles. The highest BCUT2D eigenvalue weighted by molar-refractivity contribution is 7.89. The zero-order chi connectivity index (χ0) is 15.5. The number of methoxy groups -OCH3 is 1. The summed E-state index contributed by atoms with van der Waals surface area (Å²) in [6, 6.07) is 4.93. The van der Waals surface area contributed by atoms with Crippen molar-refractivity contribution in [1.29, 1.82) is 0 Å². The maximum Gasteiger partial charge on any atom is 0.240 e. The summed E-state index contributed by atoms with van der Waals surface area (Å²) in [6.07, 6.45) is 3.36. The minimum absolute atomic E-state index is 0.0302. The highest BCUT2D eigenvalue weighted by atomic mass is 32.2. The van der Waals surface area contributed by atoms with E-state index in [0.29, 0.717) is 18.2 Å². The van der Waals surface area contributed by atoms with Crippen LogP contribution < -0.4 is 14.8 Å². The van der Waals surface area contributed by atoms with Gasteiger partial charge >= 0.3 is 0 Å². The van der Waals surface area contributed by atoms with Gasteiger partial charge in [-0.15, -0.1) is 0 Å². The van der Waals surface area contributed by atoms with Crippen LogP contribution in [-0.4, -0.2) is 28.6 Å².